The van der Waals surface area contributed by atoms with Crippen LogP contribution in [-0.4, -0.2) is 35.3 Å². The molecule has 6 amide bonds. The second-order valence-electron chi connectivity index (χ2n) is 4.37. The minimum Gasteiger partial charge on any atom is -0.351 e. The fourth-order valence-electron chi connectivity index (χ4n) is 1.91. The Bertz CT molecular complexity index is 585. The van der Waals surface area contributed by atoms with Crippen molar-refractivity contribution >= 4 is 35.2 Å². The lowest BCUT2D eigenvalue weighted by molar-refractivity contribution is -0.134. The molecule has 1 aliphatic rings. The molecule has 0 spiro atoms. The lowest BCUT2D eigenvalue weighted by Gasteiger charge is -2.20. The molecule has 20 heavy (non-hydrogen) atoms. The third-order valence-electron chi connectivity index (χ3n) is 2.94. The van der Waals surface area contributed by atoms with Gasteiger partial charge in [-0.25, -0.2) is 9.59 Å². The number of imide groups is 2. The van der Waals surface area contributed by atoms with Crippen LogP contribution >= 0.6 is 11.3 Å². The van der Waals surface area contributed by atoms with Gasteiger partial charge in [-0.15, -0.1) is 0 Å². The van der Waals surface area contributed by atoms with Crippen LogP contribution in [-0.2, 0) is 15.1 Å². The molecule has 1 atom stereocenters. The van der Waals surface area contributed by atoms with Crippen molar-refractivity contribution in [1.29, 1.82) is 0 Å². The van der Waals surface area contributed by atoms with Gasteiger partial charge in [0.2, 0.25) is 5.91 Å². The van der Waals surface area contributed by atoms with Gasteiger partial charge in [0.1, 0.15) is 12.1 Å². The zero-order chi connectivity index (χ0) is 14.9. The Morgan fingerprint density at radius 2 is 2.20 bits per heavy atom. The third-order valence-corrected chi connectivity index (χ3v) is 3.62. The monoisotopic (exact) mass is 296 g/mol. The van der Waals surface area contributed by atoms with Gasteiger partial charge in [0.15, 0.2) is 0 Å². The van der Waals surface area contributed by atoms with E-state index in [-0.39, 0.29) is 0 Å². The summed E-state index contributed by atoms with van der Waals surface area (Å²) in [4.78, 5) is 46.8. The van der Waals surface area contributed by atoms with E-state index in [1.165, 1.54) is 11.3 Å². The lowest BCUT2D eigenvalue weighted by atomic mass is 9.95. The molecule has 0 aromatic carbocycles. The second kappa shape index (κ2) is 4.93. The molecule has 1 fully saturated rings. The number of carbonyl (C=O) groups excluding carboxylic acids is 4. The van der Waals surface area contributed by atoms with Crippen molar-refractivity contribution in [2.24, 2.45) is 5.73 Å². The molecule has 0 aliphatic carbocycles. The van der Waals surface area contributed by atoms with Crippen molar-refractivity contribution in [3.8, 4) is 0 Å². The number of rotatable bonds is 3. The Kier molecular flexibility index (Phi) is 3.45. The number of hydrogen-bond acceptors (Lipinski definition) is 5. The molecule has 4 N–H and O–H groups in total. The Morgan fingerprint density at radius 3 is 2.75 bits per heavy atom. The Morgan fingerprint density at radius 1 is 1.50 bits per heavy atom. The number of nitrogens with two attached hydrogens (primary N) is 1. The zero-order valence-electron chi connectivity index (χ0n) is 10.5. The van der Waals surface area contributed by atoms with Crippen LogP contribution in [0.5, 0.6) is 0 Å². The number of hydrogen-bond donors (Lipinski definition) is 3. The lowest BCUT2D eigenvalue weighted by Crippen LogP contribution is -2.45. The first kappa shape index (κ1) is 14.0. The molecule has 0 saturated carbocycles. The molecule has 0 unspecified atom stereocenters. The first-order valence-corrected chi connectivity index (χ1v) is 6.55. The second-order valence-corrected chi connectivity index (χ2v) is 5.15. The van der Waals surface area contributed by atoms with Crippen molar-refractivity contribution in [3.05, 3.63) is 22.4 Å². The van der Waals surface area contributed by atoms with E-state index in [1.807, 2.05) is 0 Å². The van der Waals surface area contributed by atoms with Crippen molar-refractivity contribution in [1.82, 2.24) is 15.5 Å². The highest BCUT2D eigenvalue weighted by Crippen LogP contribution is 2.29. The maximum Gasteiger partial charge on any atom is 0.325 e. The number of nitrogens with one attached hydrogen (secondary N) is 2. The number of nitrogens with zero attached hydrogens (tertiary/aromatic N) is 1. The van der Waals surface area contributed by atoms with E-state index in [1.54, 1.807) is 29.1 Å². The number of thiophene rings is 1. The summed E-state index contributed by atoms with van der Waals surface area (Å²) in [6, 6.07) is -0.0125. The van der Waals surface area contributed by atoms with Gasteiger partial charge in [-0.3, -0.25) is 19.8 Å². The molecule has 9 heteroatoms. The van der Waals surface area contributed by atoms with Crippen LogP contribution in [0.25, 0.3) is 0 Å². The van der Waals surface area contributed by atoms with Gasteiger partial charge < -0.3 is 11.1 Å². The number of amides is 6. The molecule has 1 saturated heterocycles. The van der Waals surface area contributed by atoms with E-state index >= 15 is 0 Å². The maximum absolute atomic E-state index is 12.3. The predicted molar refractivity (Wildman–Crippen MR) is 69.6 cm³/mol. The Hall–Kier alpha value is -2.42. The Balaban J connectivity index is 2.17. The van der Waals surface area contributed by atoms with Crippen LogP contribution in [0.2, 0.25) is 0 Å². The largest absolute Gasteiger partial charge is 0.351 e. The molecule has 0 radical (unpaired) electrons. The summed E-state index contributed by atoms with van der Waals surface area (Å²) in [6.45, 7) is 0.995. The van der Waals surface area contributed by atoms with Crippen LogP contribution in [0.4, 0.5) is 9.59 Å². The summed E-state index contributed by atoms with van der Waals surface area (Å²) in [5, 5.41) is 7.86. The van der Waals surface area contributed by atoms with Crippen LogP contribution in [0.1, 0.15) is 12.5 Å². The van der Waals surface area contributed by atoms with Crippen LogP contribution in [0.15, 0.2) is 16.8 Å². The molecule has 8 nitrogen and oxygen atoms in total. The molecule has 1 aromatic heterocycles. The highest BCUT2D eigenvalue weighted by atomic mass is 32.1. The van der Waals surface area contributed by atoms with Crippen molar-refractivity contribution < 1.29 is 19.2 Å². The first-order valence-electron chi connectivity index (χ1n) is 5.60. The third kappa shape index (κ3) is 2.35. The molecule has 106 valence electrons. The standard InChI is InChI=1S/C11H12N4O4S/c1-11(6-2-3-20-5-6)8(17)15(10(19)14-11)4-7(16)13-9(12)18/h2-3,5H,4H2,1H3,(H,14,19)(H3,12,13,16,18)/t11-/m1/s1. The fraction of sp³-hybridized carbons (Fsp3) is 0.273. The molecule has 2 rings (SSSR count). The van der Waals surface area contributed by atoms with Gasteiger partial charge in [0.05, 0.1) is 0 Å². The van der Waals surface area contributed by atoms with Crippen molar-refractivity contribution in [2.75, 3.05) is 6.54 Å². The normalized spacial score (nSPS) is 21.8. The average Bonchev–Trinajstić information content (AvgIpc) is 2.93. The van der Waals surface area contributed by atoms with Crippen LogP contribution in [0.3, 0.4) is 0 Å². The van der Waals surface area contributed by atoms with Crippen molar-refractivity contribution in [2.45, 2.75) is 12.5 Å². The van der Waals surface area contributed by atoms with Gasteiger partial charge in [-0.05, 0) is 29.3 Å². The van der Waals surface area contributed by atoms with Crippen molar-refractivity contribution in [3.63, 3.8) is 0 Å². The molecule has 0 bridgehead atoms. The van der Waals surface area contributed by atoms with Crippen LogP contribution in [0, 0.1) is 0 Å². The minimum atomic E-state index is -1.20. The van der Waals surface area contributed by atoms with E-state index in [0.29, 0.717) is 5.56 Å². The molecular formula is C11H12N4O4S. The van der Waals surface area contributed by atoms with Gasteiger partial charge in [-0.2, -0.15) is 11.3 Å². The molecule has 2 heterocycles. The summed E-state index contributed by atoms with van der Waals surface area (Å²) in [5.41, 5.74) is 4.23. The molecular weight excluding hydrogens is 284 g/mol. The maximum atomic E-state index is 12.3. The zero-order valence-corrected chi connectivity index (χ0v) is 11.3. The summed E-state index contributed by atoms with van der Waals surface area (Å²) in [7, 11) is 0. The Labute approximate surface area is 117 Å². The molecule has 1 aromatic rings. The van der Waals surface area contributed by atoms with E-state index in [0.717, 1.165) is 4.90 Å². The number of urea groups is 2. The molecule has 1 aliphatic heterocycles. The quantitative estimate of drug-likeness (QED) is 0.663. The fourth-order valence-corrected chi connectivity index (χ4v) is 2.67. The van der Waals surface area contributed by atoms with E-state index in [9.17, 15) is 19.2 Å². The van der Waals surface area contributed by atoms with E-state index in [4.69, 9.17) is 5.73 Å². The number of carbonyl (C=O) groups is 4. The summed E-state index contributed by atoms with van der Waals surface area (Å²) in [5.74, 6) is -1.38. The van der Waals surface area contributed by atoms with E-state index < -0.39 is 36.0 Å². The summed E-state index contributed by atoms with van der Waals surface area (Å²) in [6.07, 6.45) is 0. The van der Waals surface area contributed by atoms with Gasteiger partial charge >= 0.3 is 12.1 Å². The first-order chi connectivity index (χ1) is 9.34. The minimum absolute atomic E-state index is 0.555. The number of primary amides is 1. The van der Waals surface area contributed by atoms with Gasteiger partial charge in [0, 0.05) is 0 Å². The van der Waals surface area contributed by atoms with Crippen LogP contribution < -0.4 is 16.4 Å². The SMILES string of the molecule is C[C@]1(c2ccsc2)NC(=O)N(CC(=O)NC(N)=O)C1=O. The average molecular weight is 296 g/mol. The predicted octanol–water partition coefficient (Wildman–Crippen LogP) is -0.290. The topological polar surface area (TPSA) is 122 Å². The smallest absolute Gasteiger partial charge is 0.325 e. The highest BCUT2D eigenvalue weighted by Gasteiger charge is 2.49. The summed E-state index contributed by atoms with van der Waals surface area (Å²) < 4.78 is 0. The van der Waals surface area contributed by atoms with Gasteiger partial charge in [0.25, 0.3) is 5.91 Å². The summed E-state index contributed by atoms with van der Waals surface area (Å²) >= 11 is 1.39. The van der Waals surface area contributed by atoms with Gasteiger partial charge in [-0.1, -0.05) is 0 Å². The highest BCUT2D eigenvalue weighted by molar-refractivity contribution is 7.08. The van der Waals surface area contributed by atoms with E-state index in [2.05, 4.69) is 5.32 Å².